The van der Waals surface area contributed by atoms with Crippen molar-refractivity contribution in [3.05, 3.63) is 16.1 Å². The number of hydrogen-bond acceptors (Lipinski definition) is 6. The average molecular weight is 352 g/mol. The molecule has 0 bridgehead atoms. The number of amides is 1. The number of esters is 1. The summed E-state index contributed by atoms with van der Waals surface area (Å²) >= 11 is 1.29. The van der Waals surface area contributed by atoms with Crippen molar-refractivity contribution in [2.24, 2.45) is 5.92 Å². The predicted molar refractivity (Wildman–Crippen MR) is 90.3 cm³/mol. The Morgan fingerprint density at radius 1 is 1.38 bits per heavy atom. The predicted octanol–water partition coefficient (Wildman–Crippen LogP) is 3.43. The van der Waals surface area contributed by atoms with Crippen LogP contribution in [0.1, 0.15) is 61.4 Å². The van der Waals surface area contributed by atoms with Gasteiger partial charge in [0.25, 0.3) is 0 Å². The van der Waals surface area contributed by atoms with Crippen LogP contribution in [0.15, 0.2) is 5.38 Å². The Morgan fingerprint density at radius 2 is 2.08 bits per heavy atom. The quantitative estimate of drug-likeness (QED) is 0.759. The van der Waals surface area contributed by atoms with E-state index in [9.17, 15) is 9.59 Å². The van der Waals surface area contributed by atoms with Crippen LogP contribution in [-0.4, -0.2) is 47.2 Å². The third kappa shape index (κ3) is 4.06. The van der Waals surface area contributed by atoms with Gasteiger partial charge in [0, 0.05) is 23.9 Å². The molecule has 7 heteroatoms. The fraction of sp³-hybridized carbons (Fsp3) is 0.706. The Morgan fingerprint density at radius 3 is 2.67 bits per heavy atom. The van der Waals surface area contributed by atoms with Crippen LogP contribution in [0.5, 0.6) is 0 Å². The van der Waals surface area contributed by atoms with Gasteiger partial charge in [0.15, 0.2) is 0 Å². The highest BCUT2D eigenvalue weighted by Crippen LogP contribution is 2.46. The van der Waals surface area contributed by atoms with E-state index in [1.54, 1.807) is 0 Å². The Balaban J connectivity index is 1.67. The van der Waals surface area contributed by atoms with Crippen LogP contribution in [0.3, 0.4) is 0 Å². The van der Waals surface area contributed by atoms with Crippen molar-refractivity contribution in [2.75, 3.05) is 13.7 Å². The number of hydrogen-bond donors (Lipinski definition) is 0. The molecule has 2 unspecified atom stereocenters. The summed E-state index contributed by atoms with van der Waals surface area (Å²) in [5.74, 6) is 0.371. The lowest BCUT2D eigenvalue weighted by Crippen LogP contribution is -2.40. The molecule has 24 heavy (non-hydrogen) atoms. The van der Waals surface area contributed by atoms with E-state index in [2.05, 4.69) is 4.98 Å². The molecule has 1 amide bonds. The summed E-state index contributed by atoms with van der Waals surface area (Å²) in [6, 6.07) is 0.119. The molecule has 0 aromatic carbocycles. The Labute approximate surface area is 146 Å². The SMILES string of the molecule is COC(=O)c1nc(C2CC2N(CC2CC2)C(=O)OC(C)(C)C)cs1. The molecular formula is C17H24N2O4S. The number of rotatable bonds is 5. The molecule has 0 N–H and O–H groups in total. The number of ether oxygens (including phenoxy) is 2. The number of nitrogens with zero attached hydrogens (tertiary/aromatic N) is 2. The number of carbonyl (C=O) groups is 2. The van der Waals surface area contributed by atoms with Crippen molar-refractivity contribution in [1.82, 2.24) is 9.88 Å². The third-order valence-electron chi connectivity index (χ3n) is 4.20. The van der Waals surface area contributed by atoms with E-state index in [1.165, 1.54) is 31.3 Å². The first-order chi connectivity index (χ1) is 11.3. The zero-order chi connectivity index (χ0) is 17.5. The Bertz CT molecular complexity index is 633. The Hall–Kier alpha value is -1.63. The van der Waals surface area contributed by atoms with Gasteiger partial charge in [0.05, 0.1) is 12.8 Å². The first-order valence-corrected chi connectivity index (χ1v) is 9.20. The van der Waals surface area contributed by atoms with Gasteiger partial charge in [-0.2, -0.15) is 0 Å². The van der Waals surface area contributed by atoms with Crippen LogP contribution in [0.2, 0.25) is 0 Å². The summed E-state index contributed by atoms with van der Waals surface area (Å²) in [5, 5.41) is 2.26. The number of methoxy groups -OCH3 is 1. The first-order valence-electron chi connectivity index (χ1n) is 8.32. The summed E-state index contributed by atoms with van der Waals surface area (Å²) < 4.78 is 10.3. The van der Waals surface area contributed by atoms with Crippen LogP contribution in [-0.2, 0) is 9.47 Å². The number of aromatic nitrogens is 1. The van der Waals surface area contributed by atoms with Gasteiger partial charge in [-0.25, -0.2) is 14.6 Å². The molecule has 2 aliphatic rings. The highest BCUT2D eigenvalue weighted by molar-refractivity contribution is 7.11. The van der Waals surface area contributed by atoms with E-state index in [0.717, 1.165) is 18.7 Å². The number of carbonyl (C=O) groups excluding carboxylic acids is 2. The molecule has 0 aliphatic heterocycles. The molecule has 1 aromatic rings. The van der Waals surface area contributed by atoms with Gasteiger partial charge < -0.3 is 14.4 Å². The van der Waals surface area contributed by atoms with Crippen LogP contribution < -0.4 is 0 Å². The highest BCUT2D eigenvalue weighted by atomic mass is 32.1. The standard InChI is InChI=1S/C17H24N2O4S/c1-17(2,3)23-16(21)19(8-10-5-6-10)13-7-11(13)12-9-24-14(18-12)15(20)22-4/h9-11,13H,5-8H2,1-4H3. The average Bonchev–Trinajstić information content (AvgIpc) is 3.41. The van der Waals surface area contributed by atoms with Gasteiger partial charge in [0.1, 0.15) is 5.60 Å². The normalized spacial score (nSPS) is 22.8. The molecule has 1 aromatic heterocycles. The summed E-state index contributed by atoms with van der Waals surface area (Å²) in [5.41, 5.74) is 0.372. The van der Waals surface area contributed by atoms with Crippen molar-refractivity contribution in [1.29, 1.82) is 0 Å². The fourth-order valence-corrected chi connectivity index (χ4v) is 3.52. The van der Waals surface area contributed by atoms with Crippen molar-refractivity contribution in [2.45, 2.75) is 57.6 Å². The maximum Gasteiger partial charge on any atom is 0.410 e. The molecule has 1 heterocycles. The van der Waals surface area contributed by atoms with Crippen molar-refractivity contribution in [3.63, 3.8) is 0 Å². The van der Waals surface area contributed by atoms with E-state index in [4.69, 9.17) is 9.47 Å². The first kappa shape index (κ1) is 17.2. The highest BCUT2D eigenvalue weighted by Gasteiger charge is 2.48. The lowest BCUT2D eigenvalue weighted by molar-refractivity contribution is 0.0220. The van der Waals surface area contributed by atoms with Gasteiger partial charge in [-0.15, -0.1) is 11.3 Å². The van der Waals surface area contributed by atoms with Gasteiger partial charge in [-0.1, -0.05) is 0 Å². The van der Waals surface area contributed by atoms with E-state index < -0.39 is 11.6 Å². The zero-order valence-electron chi connectivity index (χ0n) is 14.6. The minimum Gasteiger partial charge on any atom is -0.464 e. The van der Waals surface area contributed by atoms with Crippen molar-refractivity contribution < 1.29 is 19.1 Å². The largest absolute Gasteiger partial charge is 0.464 e. The number of thiazole rings is 1. The van der Waals surface area contributed by atoms with Crippen LogP contribution in [0, 0.1) is 5.92 Å². The van der Waals surface area contributed by atoms with E-state index >= 15 is 0 Å². The van der Waals surface area contributed by atoms with Gasteiger partial charge in [0.2, 0.25) is 5.01 Å². The molecule has 0 spiro atoms. The van der Waals surface area contributed by atoms with E-state index in [0.29, 0.717) is 10.9 Å². The zero-order valence-corrected chi connectivity index (χ0v) is 15.4. The molecule has 0 radical (unpaired) electrons. The van der Waals surface area contributed by atoms with Crippen LogP contribution >= 0.6 is 11.3 Å². The minimum absolute atomic E-state index is 0.119. The molecule has 2 atom stereocenters. The topological polar surface area (TPSA) is 68.7 Å². The molecule has 132 valence electrons. The minimum atomic E-state index is -0.498. The summed E-state index contributed by atoms with van der Waals surface area (Å²) in [7, 11) is 1.35. The second kappa shape index (κ2) is 6.35. The molecule has 2 aliphatic carbocycles. The molecule has 2 saturated carbocycles. The molecule has 2 fully saturated rings. The summed E-state index contributed by atoms with van der Waals surface area (Å²) in [6.07, 6.45) is 2.99. The van der Waals surface area contributed by atoms with Crippen molar-refractivity contribution >= 4 is 23.4 Å². The summed E-state index contributed by atoms with van der Waals surface area (Å²) in [4.78, 5) is 30.3. The maximum atomic E-state index is 12.6. The van der Waals surface area contributed by atoms with Crippen LogP contribution in [0.4, 0.5) is 4.79 Å². The lowest BCUT2D eigenvalue weighted by atomic mass is 10.2. The lowest BCUT2D eigenvalue weighted by Gasteiger charge is -2.27. The second-order valence-corrected chi connectivity index (χ2v) is 8.41. The fourth-order valence-electron chi connectivity index (χ4n) is 2.73. The van der Waals surface area contributed by atoms with E-state index in [-0.39, 0.29) is 18.1 Å². The van der Waals surface area contributed by atoms with Crippen molar-refractivity contribution in [3.8, 4) is 0 Å². The van der Waals surface area contributed by atoms with Crippen LogP contribution in [0.25, 0.3) is 0 Å². The molecule has 0 saturated heterocycles. The molecule has 6 nitrogen and oxygen atoms in total. The Kier molecular flexibility index (Phi) is 4.55. The molecular weight excluding hydrogens is 328 g/mol. The molecule has 3 rings (SSSR count). The summed E-state index contributed by atoms with van der Waals surface area (Å²) in [6.45, 7) is 6.40. The monoisotopic (exact) mass is 352 g/mol. The van der Waals surface area contributed by atoms with E-state index in [1.807, 2.05) is 31.1 Å². The third-order valence-corrected chi connectivity index (χ3v) is 5.04. The van der Waals surface area contributed by atoms with Gasteiger partial charge >= 0.3 is 12.1 Å². The second-order valence-electron chi connectivity index (χ2n) is 7.55. The maximum absolute atomic E-state index is 12.6. The smallest absolute Gasteiger partial charge is 0.410 e. The van der Waals surface area contributed by atoms with Gasteiger partial charge in [-0.3, -0.25) is 0 Å². The van der Waals surface area contributed by atoms with Gasteiger partial charge in [-0.05, 0) is 46.0 Å².